The van der Waals surface area contributed by atoms with Gasteiger partial charge in [0.15, 0.2) is 0 Å². The van der Waals surface area contributed by atoms with E-state index in [2.05, 4.69) is 15.6 Å². The fraction of sp³-hybridized carbons (Fsp3) is 0.150. The van der Waals surface area contributed by atoms with Crippen LogP contribution in [0.2, 0.25) is 0 Å². The van der Waals surface area contributed by atoms with Crippen molar-refractivity contribution in [2.45, 2.75) is 13.8 Å². The minimum atomic E-state index is -0.296. The maximum absolute atomic E-state index is 12.4. The number of carbonyl (C=O) groups is 2. The predicted octanol–water partition coefficient (Wildman–Crippen LogP) is 3.22. The minimum absolute atomic E-state index is 0.0940. The van der Waals surface area contributed by atoms with Gasteiger partial charge in [-0.1, -0.05) is 36.4 Å². The Balaban J connectivity index is 1.69. The number of nitrogens with one attached hydrogen (secondary N) is 2. The largest absolute Gasteiger partial charge is 0.343 e. The predicted molar refractivity (Wildman–Crippen MR) is 98.6 cm³/mol. The van der Waals surface area contributed by atoms with Crippen LogP contribution in [0.5, 0.6) is 0 Å². The quantitative estimate of drug-likeness (QED) is 0.770. The van der Waals surface area contributed by atoms with Crippen LogP contribution in [0.4, 0.5) is 5.69 Å². The number of anilines is 1. The van der Waals surface area contributed by atoms with Crippen LogP contribution in [-0.2, 0) is 4.79 Å². The molecule has 3 aromatic rings. The molecule has 1 aromatic heterocycles. The molecular weight excluding hydrogens is 314 g/mol. The molecule has 0 bridgehead atoms. The molecule has 3 rings (SSSR count). The van der Waals surface area contributed by atoms with Crippen LogP contribution < -0.4 is 10.6 Å². The molecule has 0 unspecified atom stereocenters. The van der Waals surface area contributed by atoms with Gasteiger partial charge in [-0.25, -0.2) is 0 Å². The highest BCUT2D eigenvalue weighted by Crippen LogP contribution is 2.19. The highest BCUT2D eigenvalue weighted by Gasteiger charge is 2.12. The highest BCUT2D eigenvalue weighted by molar-refractivity contribution is 6.07. The number of amides is 2. The fourth-order valence-corrected chi connectivity index (χ4v) is 2.74. The first-order valence-corrected chi connectivity index (χ1v) is 8.04. The average Bonchev–Trinajstić information content (AvgIpc) is 2.62. The Morgan fingerprint density at radius 1 is 0.960 bits per heavy atom. The van der Waals surface area contributed by atoms with Crippen LogP contribution in [0.1, 0.15) is 21.5 Å². The SMILES string of the molecule is Cc1cccc(C)c1NC(=O)CNC(=O)c1ccnc2ccccc12. The van der Waals surface area contributed by atoms with Gasteiger partial charge in [0.05, 0.1) is 17.6 Å². The van der Waals surface area contributed by atoms with Gasteiger partial charge in [0.1, 0.15) is 0 Å². The molecule has 1 heterocycles. The number of hydrogen-bond acceptors (Lipinski definition) is 3. The normalized spacial score (nSPS) is 10.5. The molecule has 5 heteroatoms. The van der Waals surface area contributed by atoms with Crippen molar-refractivity contribution in [1.29, 1.82) is 0 Å². The van der Waals surface area contributed by atoms with Gasteiger partial charge in [0, 0.05) is 17.3 Å². The Labute approximate surface area is 146 Å². The summed E-state index contributed by atoms with van der Waals surface area (Å²) in [6.45, 7) is 3.78. The van der Waals surface area contributed by atoms with Crippen molar-refractivity contribution in [3.05, 3.63) is 71.4 Å². The number of nitrogens with zero attached hydrogens (tertiary/aromatic N) is 1. The summed E-state index contributed by atoms with van der Waals surface area (Å²) in [6.07, 6.45) is 1.59. The molecule has 2 amide bonds. The number of aromatic nitrogens is 1. The van der Waals surface area contributed by atoms with Gasteiger partial charge >= 0.3 is 0 Å². The first-order valence-electron chi connectivity index (χ1n) is 8.04. The zero-order chi connectivity index (χ0) is 17.8. The van der Waals surface area contributed by atoms with E-state index in [1.54, 1.807) is 12.3 Å². The summed E-state index contributed by atoms with van der Waals surface area (Å²) >= 11 is 0. The number of aryl methyl sites for hydroxylation is 2. The van der Waals surface area contributed by atoms with Crippen LogP contribution >= 0.6 is 0 Å². The monoisotopic (exact) mass is 333 g/mol. The number of fused-ring (bicyclic) bond motifs is 1. The minimum Gasteiger partial charge on any atom is -0.343 e. The number of carbonyl (C=O) groups excluding carboxylic acids is 2. The van der Waals surface area contributed by atoms with Gasteiger partial charge in [-0.2, -0.15) is 0 Å². The van der Waals surface area contributed by atoms with Crippen molar-refractivity contribution in [1.82, 2.24) is 10.3 Å². The van der Waals surface area contributed by atoms with E-state index in [-0.39, 0.29) is 18.4 Å². The zero-order valence-electron chi connectivity index (χ0n) is 14.2. The Morgan fingerprint density at radius 3 is 2.44 bits per heavy atom. The third-order valence-corrected chi connectivity index (χ3v) is 4.05. The van der Waals surface area contributed by atoms with Crippen LogP contribution in [0.25, 0.3) is 10.9 Å². The molecule has 2 N–H and O–H groups in total. The van der Waals surface area contributed by atoms with Crippen molar-refractivity contribution < 1.29 is 9.59 Å². The van der Waals surface area contributed by atoms with Gasteiger partial charge in [-0.05, 0) is 37.1 Å². The van der Waals surface area contributed by atoms with Crippen LogP contribution in [-0.4, -0.2) is 23.3 Å². The van der Waals surface area contributed by atoms with Crippen LogP contribution in [0.3, 0.4) is 0 Å². The van der Waals surface area contributed by atoms with Crippen molar-refractivity contribution in [3.63, 3.8) is 0 Å². The lowest BCUT2D eigenvalue weighted by atomic mass is 10.1. The van der Waals surface area contributed by atoms with E-state index in [9.17, 15) is 9.59 Å². The molecule has 0 saturated heterocycles. The number of rotatable bonds is 4. The van der Waals surface area contributed by atoms with E-state index in [1.807, 2.05) is 56.3 Å². The molecule has 2 aromatic carbocycles. The lowest BCUT2D eigenvalue weighted by Gasteiger charge is -2.12. The van der Waals surface area contributed by atoms with Gasteiger partial charge in [-0.3, -0.25) is 14.6 Å². The summed E-state index contributed by atoms with van der Waals surface area (Å²) in [5, 5.41) is 6.29. The zero-order valence-corrected chi connectivity index (χ0v) is 14.2. The molecule has 0 atom stereocenters. The first-order chi connectivity index (χ1) is 12.1. The van der Waals surface area contributed by atoms with E-state index < -0.39 is 0 Å². The number of para-hydroxylation sites is 2. The van der Waals surface area contributed by atoms with Crippen molar-refractivity contribution >= 4 is 28.4 Å². The van der Waals surface area contributed by atoms with E-state index in [4.69, 9.17) is 0 Å². The number of pyridine rings is 1. The second-order valence-corrected chi connectivity index (χ2v) is 5.87. The molecule has 25 heavy (non-hydrogen) atoms. The molecule has 0 aliphatic rings. The van der Waals surface area contributed by atoms with E-state index in [0.717, 1.165) is 27.7 Å². The summed E-state index contributed by atoms with van der Waals surface area (Å²) in [7, 11) is 0. The van der Waals surface area contributed by atoms with E-state index >= 15 is 0 Å². The van der Waals surface area contributed by atoms with Crippen LogP contribution in [0, 0.1) is 13.8 Å². The maximum Gasteiger partial charge on any atom is 0.252 e. The van der Waals surface area contributed by atoms with Crippen molar-refractivity contribution in [3.8, 4) is 0 Å². The Bertz CT molecular complexity index is 925. The second kappa shape index (κ2) is 7.13. The molecule has 0 aliphatic heterocycles. The molecule has 0 aliphatic carbocycles. The highest BCUT2D eigenvalue weighted by atomic mass is 16.2. The lowest BCUT2D eigenvalue weighted by Crippen LogP contribution is -2.33. The average molecular weight is 333 g/mol. The third-order valence-electron chi connectivity index (χ3n) is 4.05. The van der Waals surface area contributed by atoms with Gasteiger partial charge in [0.2, 0.25) is 5.91 Å². The third kappa shape index (κ3) is 3.66. The first kappa shape index (κ1) is 16.6. The second-order valence-electron chi connectivity index (χ2n) is 5.87. The molecule has 0 radical (unpaired) electrons. The lowest BCUT2D eigenvalue weighted by molar-refractivity contribution is -0.115. The van der Waals surface area contributed by atoms with Crippen LogP contribution in [0.15, 0.2) is 54.7 Å². The Morgan fingerprint density at radius 2 is 1.68 bits per heavy atom. The maximum atomic E-state index is 12.4. The standard InChI is InChI=1S/C20H19N3O2/c1-13-6-5-7-14(2)19(13)23-18(24)12-22-20(25)16-10-11-21-17-9-4-3-8-15(16)17/h3-11H,12H2,1-2H3,(H,22,25)(H,23,24). The summed E-state index contributed by atoms with van der Waals surface area (Å²) in [4.78, 5) is 28.8. The topological polar surface area (TPSA) is 71.1 Å². The molecule has 126 valence electrons. The molecule has 0 spiro atoms. The van der Waals surface area contributed by atoms with Gasteiger partial charge in [-0.15, -0.1) is 0 Å². The van der Waals surface area contributed by atoms with Gasteiger partial charge < -0.3 is 10.6 Å². The fourth-order valence-electron chi connectivity index (χ4n) is 2.74. The van der Waals surface area contributed by atoms with Crippen molar-refractivity contribution in [2.24, 2.45) is 0 Å². The Hall–Kier alpha value is -3.21. The van der Waals surface area contributed by atoms with E-state index in [1.165, 1.54) is 0 Å². The van der Waals surface area contributed by atoms with Gasteiger partial charge in [0.25, 0.3) is 5.91 Å². The smallest absolute Gasteiger partial charge is 0.252 e. The molecular formula is C20H19N3O2. The summed E-state index contributed by atoms with van der Waals surface area (Å²) in [6, 6.07) is 14.9. The molecule has 5 nitrogen and oxygen atoms in total. The summed E-state index contributed by atoms with van der Waals surface area (Å²) in [5.41, 5.74) is 4.01. The number of hydrogen-bond donors (Lipinski definition) is 2. The van der Waals surface area contributed by atoms with Crippen molar-refractivity contribution in [2.75, 3.05) is 11.9 Å². The summed E-state index contributed by atoms with van der Waals surface area (Å²) < 4.78 is 0. The van der Waals surface area contributed by atoms with E-state index in [0.29, 0.717) is 5.56 Å². The molecule has 0 saturated carbocycles. The molecule has 0 fully saturated rings. The number of benzene rings is 2. The summed E-state index contributed by atoms with van der Waals surface area (Å²) in [5.74, 6) is -0.556. The Kier molecular flexibility index (Phi) is 4.75.